The summed E-state index contributed by atoms with van der Waals surface area (Å²) in [4.78, 5) is 0. The summed E-state index contributed by atoms with van der Waals surface area (Å²) in [6.45, 7) is 2.08. The fourth-order valence-corrected chi connectivity index (χ4v) is 2.05. The highest BCUT2D eigenvalue weighted by atomic mass is 16.5. The van der Waals surface area contributed by atoms with Crippen LogP contribution in [0.3, 0.4) is 0 Å². The minimum absolute atomic E-state index is 0.106. The van der Waals surface area contributed by atoms with E-state index in [2.05, 4.69) is 5.32 Å². The van der Waals surface area contributed by atoms with Crippen molar-refractivity contribution in [2.75, 3.05) is 33.5 Å². The van der Waals surface area contributed by atoms with Crippen molar-refractivity contribution >= 4 is 0 Å². The lowest BCUT2D eigenvalue weighted by atomic mass is 9.93. The zero-order chi connectivity index (χ0) is 10.9. The van der Waals surface area contributed by atoms with Gasteiger partial charge >= 0.3 is 0 Å². The van der Waals surface area contributed by atoms with Crippen molar-refractivity contribution in [1.29, 1.82) is 0 Å². The molecule has 2 unspecified atom stereocenters. The standard InChI is InChI=1S/C11H23NO3/c1-14-11-4-2-3-10(9-11)12-5-7-15-8-6-13/h10-13H,2-9H2,1H3. The Bertz CT molecular complexity index is 155. The van der Waals surface area contributed by atoms with Crippen LogP contribution in [0, 0.1) is 0 Å². The van der Waals surface area contributed by atoms with Crippen molar-refractivity contribution < 1.29 is 14.6 Å². The Morgan fingerprint density at radius 1 is 1.33 bits per heavy atom. The number of methoxy groups -OCH3 is 1. The van der Waals surface area contributed by atoms with Crippen LogP contribution in [0.25, 0.3) is 0 Å². The first-order valence-electron chi connectivity index (χ1n) is 5.81. The average molecular weight is 217 g/mol. The molecule has 0 spiro atoms. The molecule has 0 saturated heterocycles. The van der Waals surface area contributed by atoms with E-state index in [1.807, 2.05) is 0 Å². The lowest BCUT2D eigenvalue weighted by Gasteiger charge is -2.28. The molecule has 0 bridgehead atoms. The number of hydrogen-bond acceptors (Lipinski definition) is 4. The van der Waals surface area contributed by atoms with Gasteiger partial charge in [0.1, 0.15) is 0 Å². The van der Waals surface area contributed by atoms with Crippen LogP contribution in [-0.4, -0.2) is 50.7 Å². The van der Waals surface area contributed by atoms with E-state index in [4.69, 9.17) is 14.6 Å². The molecule has 1 aliphatic rings. The number of aliphatic hydroxyl groups is 1. The highest BCUT2D eigenvalue weighted by Gasteiger charge is 2.20. The molecule has 1 rings (SSSR count). The zero-order valence-electron chi connectivity index (χ0n) is 9.58. The third kappa shape index (κ3) is 5.47. The van der Waals surface area contributed by atoms with Gasteiger partial charge in [0.2, 0.25) is 0 Å². The number of nitrogens with one attached hydrogen (secondary N) is 1. The smallest absolute Gasteiger partial charge is 0.0698 e. The molecule has 1 fully saturated rings. The lowest BCUT2D eigenvalue weighted by Crippen LogP contribution is -2.38. The van der Waals surface area contributed by atoms with E-state index in [1.54, 1.807) is 7.11 Å². The van der Waals surface area contributed by atoms with Crippen LogP contribution in [-0.2, 0) is 9.47 Å². The van der Waals surface area contributed by atoms with Gasteiger partial charge in [-0.25, -0.2) is 0 Å². The van der Waals surface area contributed by atoms with E-state index in [0.29, 0.717) is 25.4 Å². The summed E-state index contributed by atoms with van der Waals surface area (Å²) in [6.07, 6.45) is 5.20. The second kappa shape index (κ2) is 8.05. The van der Waals surface area contributed by atoms with Gasteiger partial charge in [-0.05, 0) is 25.7 Å². The van der Waals surface area contributed by atoms with E-state index >= 15 is 0 Å². The Balaban J connectivity index is 2.00. The summed E-state index contributed by atoms with van der Waals surface area (Å²) in [5.74, 6) is 0. The predicted molar refractivity (Wildman–Crippen MR) is 59.0 cm³/mol. The van der Waals surface area contributed by atoms with E-state index in [1.165, 1.54) is 19.3 Å². The maximum absolute atomic E-state index is 8.52. The van der Waals surface area contributed by atoms with E-state index in [-0.39, 0.29) is 6.61 Å². The Hall–Kier alpha value is -0.160. The van der Waals surface area contributed by atoms with Crippen molar-refractivity contribution in [3.05, 3.63) is 0 Å². The molecule has 4 nitrogen and oxygen atoms in total. The van der Waals surface area contributed by atoms with E-state index in [9.17, 15) is 0 Å². The molecular weight excluding hydrogens is 194 g/mol. The number of aliphatic hydroxyl groups excluding tert-OH is 1. The summed E-state index contributed by atoms with van der Waals surface area (Å²) in [5.41, 5.74) is 0. The van der Waals surface area contributed by atoms with Crippen LogP contribution < -0.4 is 5.32 Å². The van der Waals surface area contributed by atoms with E-state index < -0.39 is 0 Å². The summed E-state index contributed by atoms with van der Waals surface area (Å²) >= 11 is 0. The second-order valence-corrected chi connectivity index (χ2v) is 4.01. The largest absolute Gasteiger partial charge is 0.394 e. The fraction of sp³-hybridized carbons (Fsp3) is 1.00. The summed E-state index contributed by atoms with van der Waals surface area (Å²) in [6, 6.07) is 0.571. The monoisotopic (exact) mass is 217 g/mol. The molecule has 90 valence electrons. The van der Waals surface area contributed by atoms with Gasteiger partial charge in [0.05, 0.1) is 25.9 Å². The summed E-state index contributed by atoms with van der Waals surface area (Å²) in [7, 11) is 1.79. The highest BCUT2D eigenvalue weighted by Crippen LogP contribution is 2.20. The average Bonchev–Trinajstić information content (AvgIpc) is 2.29. The van der Waals surface area contributed by atoms with Gasteiger partial charge in [0, 0.05) is 19.7 Å². The molecule has 0 radical (unpaired) electrons. The molecule has 2 atom stereocenters. The lowest BCUT2D eigenvalue weighted by molar-refractivity contribution is 0.0546. The van der Waals surface area contributed by atoms with Gasteiger partial charge in [-0.1, -0.05) is 0 Å². The molecule has 0 aromatic heterocycles. The molecule has 0 aromatic rings. The minimum atomic E-state index is 0.106. The highest BCUT2D eigenvalue weighted by molar-refractivity contribution is 4.77. The van der Waals surface area contributed by atoms with Gasteiger partial charge < -0.3 is 19.9 Å². The molecule has 0 aliphatic heterocycles. The van der Waals surface area contributed by atoms with Gasteiger partial charge in [-0.15, -0.1) is 0 Å². The molecule has 0 amide bonds. The molecular formula is C11H23NO3. The van der Waals surface area contributed by atoms with Gasteiger partial charge in [0.25, 0.3) is 0 Å². The van der Waals surface area contributed by atoms with Gasteiger partial charge in [-0.3, -0.25) is 0 Å². The van der Waals surface area contributed by atoms with Crippen LogP contribution >= 0.6 is 0 Å². The number of hydrogen-bond donors (Lipinski definition) is 2. The Morgan fingerprint density at radius 3 is 2.93 bits per heavy atom. The molecule has 0 aromatic carbocycles. The van der Waals surface area contributed by atoms with E-state index in [0.717, 1.165) is 13.0 Å². The first-order chi connectivity index (χ1) is 7.36. The molecule has 2 N–H and O–H groups in total. The topological polar surface area (TPSA) is 50.7 Å². The SMILES string of the molecule is COC1CCCC(NCCOCCO)C1. The van der Waals surface area contributed by atoms with Crippen LogP contribution in [0.5, 0.6) is 0 Å². The molecule has 4 heteroatoms. The van der Waals surface area contributed by atoms with Crippen molar-refractivity contribution in [3.63, 3.8) is 0 Å². The Morgan fingerprint density at radius 2 is 2.20 bits per heavy atom. The normalized spacial score (nSPS) is 26.8. The molecule has 1 saturated carbocycles. The summed E-state index contributed by atoms with van der Waals surface area (Å²) in [5, 5.41) is 12.0. The second-order valence-electron chi connectivity index (χ2n) is 4.01. The van der Waals surface area contributed by atoms with Crippen molar-refractivity contribution in [2.45, 2.75) is 37.8 Å². The molecule has 1 aliphatic carbocycles. The number of ether oxygens (including phenoxy) is 2. The Kier molecular flexibility index (Phi) is 6.92. The van der Waals surface area contributed by atoms with Crippen LogP contribution in [0.15, 0.2) is 0 Å². The minimum Gasteiger partial charge on any atom is -0.394 e. The number of rotatable bonds is 7. The predicted octanol–water partition coefficient (Wildman–Crippen LogP) is 0.542. The van der Waals surface area contributed by atoms with Crippen molar-refractivity contribution in [2.24, 2.45) is 0 Å². The van der Waals surface area contributed by atoms with Crippen LogP contribution in [0.1, 0.15) is 25.7 Å². The fourth-order valence-electron chi connectivity index (χ4n) is 2.05. The van der Waals surface area contributed by atoms with Crippen LogP contribution in [0.4, 0.5) is 0 Å². The van der Waals surface area contributed by atoms with Gasteiger partial charge in [-0.2, -0.15) is 0 Å². The summed E-state index contributed by atoms with van der Waals surface area (Å²) < 4.78 is 10.5. The zero-order valence-corrected chi connectivity index (χ0v) is 9.58. The van der Waals surface area contributed by atoms with Gasteiger partial charge in [0.15, 0.2) is 0 Å². The van der Waals surface area contributed by atoms with Crippen molar-refractivity contribution in [1.82, 2.24) is 5.32 Å². The maximum Gasteiger partial charge on any atom is 0.0698 e. The third-order valence-corrected chi connectivity index (χ3v) is 2.87. The molecule has 0 heterocycles. The first-order valence-corrected chi connectivity index (χ1v) is 5.81. The maximum atomic E-state index is 8.52. The third-order valence-electron chi connectivity index (χ3n) is 2.87. The quantitative estimate of drug-likeness (QED) is 0.611. The van der Waals surface area contributed by atoms with Crippen LogP contribution in [0.2, 0.25) is 0 Å². The molecule has 15 heavy (non-hydrogen) atoms. The first kappa shape index (κ1) is 12.9. The Labute approximate surface area is 92.0 Å². The van der Waals surface area contributed by atoms with Crippen molar-refractivity contribution in [3.8, 4) is 0 Å².